The number of carbonyl (C=O) groups is 1. The van der Waals surface area contributed by atoms with Crippen molar-refractivity contribution >= 4 is 17.5 Å². The molecule has 1 aromatic carbocycles. The van der Waals surface area contributed by atoms with Crippen molar-refractivity contribution in [2.24, 2.45) is 0 Å². The molecule has 1 aromatic heterocycles. The maximum atomic E-state index is 12.9. The van der Waals surface area contributed by atoms with E-state index >= 15 is 0 Å². The van der Waals surface area contributed by atoms with Gasteiger partial charge in [-0.1, -0.05) is 23.7 Å². The molecule has 0 saturated carbocycles. The van der Waals surface area contributed by atoms with Gasteiger partial charge < -0.3 is 14.8 Å². The first-order chi connectivity index (χ1) is 11.3. The molecule has 0 aliphatic carbocycles. The maximum absolute atomic E-state index is 12.9. The molecule has 5 heteroatoms. The molecule has 2 heterocycles. The lowest BCUT2D eigenvalue weighted by atomic mass is 9.99. The second kappa shape index (κ2) is 6.61. The van der Waals surface area contributed by atoms with Crippen molar-refractivity contribution in [2.45, 2.75) is 38.9 Å². The Morgan fingerprint density at radius 2 is 2.04 bits per heavy atom. The standard InChI is InChI=1S/C19H24ClN3O/c1-19(2,3)21-13-17(24)23-11-10-22-9-5-8-16(22)18(23)14-6-4-7-15(20)12-14/h4-9,12,18,21H,10-11,13H2,1-3H3. The van der Waals surface area contributed by atoms with Gasteiger partial charge in [-0.15, -0.1) is 0 Å². The van der Waals surface area contributed by atoms with Crippen LogP contribution in [0.1, 0.15) is 38.1 Å². The molecule has 0 fully saturated rings. The molecule has 1 aliphatic heterocycles. The highest BCUT2D eigenvalue weighted by Crippen LogP contribution is 2.33. The predicted octanol–water partition coefficient (Wildman–Crippen LogP) is 3.46. The summed E-state index contributed by atoms with van der Waals surface area (Å²) in [5.74, 6) is 0.113. The molecular formula is C19H24ClN3O. The smallest absolute Gasteiger partial charge is 0.237 e. The zero-order valence-electron chi connectivity index (χ0n) is 14.4. The van der Waals surface area contributed by atoms with Crippen molar-refractivity contribution < 1.29 is 4.79 Å². The fourth-order valence-corrected chi connectivity index (χ4v) is 3.32. The molecule has 1 aliphatic rings. The monoisotopic (exact) mass is 345 g/mol. The van der Waals surface area contributed by atoms with Crippen molar-refractivity contribution in [2.75, 3.05) is 13.1 Å². The molecule has 4 nitrogen and oxygen atoms in total. The van der Waals surface area contributed by atoms with Crippen LogP contribution < -0.4 is 5.32 Å². The lowest BCUT2D eigenvalue weighted by molar-refractivity contribution is -0.133. The van der Waals surface area contributed by atoms with Crippen LogP contribution in [0.3, 0.4) is 0 Å². The van der Waals surface area contributed by atoms with Gasteiger partial charge in [-0.25, -0.2) is 0 Å². The fourth-order valence-electron chi connectivity index (χ4n) is 3.12. The van der Waals surface area contributed by atoms with Crippen LogP contribution in [0.5, 0.6) is 0 Å². The number of carbonyl (C=O) groups excluding carboxylic acids is 1. The Labute approximate surface area is 148 Å². The lowest BCUT2D eigenvalue weighted by Crippen LogP contribution is -2.49. The van der Waals surface area contributed by atoms with E-state index in [2.05, 4.69) is 42.9 Å². The van der Waals surface area contributed by atoms with Crippen LogP contribution in [0.2, 0.25) is 5.02 Å². The Hall–Kier alpha value is -1.78. The number of rotatable bonds is 3. The number of aromatic nitrogens is 1. The average Bonchev–Trinajstić information content (AvgIpc) is 2.99. The highest BCUT2D eigenvalue weighted by molar-refractivity contribution is 6.30. The first-order valence-electron chi connectivity index (χ1n) is 8.30. The van der Waals surface area contributed by atoms with Crippen LogP contribution in [0.4, 0.5) is 0 Å². The molecule has 2 aromatic rings. The largest absolute Gasteiger partial charge is 0.348 e. The third kappa shape index (κ3) is 3.65. The van der Waals surface area contributed by atoms with Crippen LogP contribution in [-0.2, 0) is 11.3 Å². The number of nitrogens with one attached hydrogen (secondary N) is 1. The highest BCUT2D eigenvalue weighted by Gasteiger charge is 2.32. The molecule has 24 heavy (non-hydrogen) atoms. The van der Waals surface area contributed by atoms with Gasteiger partial charge in [0.1, 0.15) is 0 Å². The molecule has 0 bridgehead atoms. The second-order valence-corrected chi connectivity index (χ2v) is 7.71. The number of halogens is 1. The molecule has 1 amide bonds. The Balaban J connectivity index is 1.92. The van der Waals surface area contributed by atoms with Gasteiger partial charge in [0.2, 0.25) is 5.91 Å². The van der Waals surface area contributed by atoms with E-state index < -0.39 is 0 Å². The summed E-state index contributed by atoms with van der Waals surface area (Å²) in [6.07, 6.45) is 2.07. The molecule has 0 saturated heterocycles. The average molecular weight is 346 g/mol. The Morgan fingerprint density at radius 1 is 1.25 bits per heavy atom. The maximum Gasteiger partial charge on any atom is 0.237 e. The van der Waals surface area contributed by atoms with Crippen molar-refractivity contribution in [3.05, 3.63) is 58.9 Å². The van der Waals surface area contributed by atoms with Crippen LogP contribution >= 0.6 is 11.6 Å². The Kier molecular flexibility index (Phi) is 4.70. The van der Waals surface area contributed by atoms with E-state index in [0.717, 1.165) is 17.8 Å². The summed E-state index contributed by atoms with van der Waals surface area (Å²) >= 11 is 6.19. The van der Waals surface area contributed by atoms with E-state index in [-0.39, 0.29) is 17.5 Å². The van der Waals surface area contributed by atoms with Crippen LogP contribution in [-0.4, -0.2) is 34.0 Å². The van der Waals surface area contributed by atoms with E-state index in [9.17, 15) is 4.79 Å². The summed E-state index contributed by atoms with van der Waals surface area (Å²) in [6.45, 7) is 8.05. The van der Waals surface area contributed by atoms with Crippen LogP contribution in [0.25, 0.3) is 0 Å². The van der Waals surface area contributed by atoms with Crippen molar-refractivity contribution in [3.8, 4) is 0 Å². The van der Waals surface area contributed by atoms with Gasteiger partial charge in [0.05, 0.1) is 12.6 Å². The van der Waals surface area contributed by atoms with Crippen LogP contribution in [0, 0.1) is 0 Å². The Bertz CT molecular complexity index is 732. The van der Waals surface area contributed by atoms with E-state index in [0.29, 0.717) is 18.1 Å². The van der Waals surface area contributed by atoms with E-state index in [4.69, 9.17) is 11.6 Å². The van der Waals surface area contributed by atoms with Crippen LogP contribution in [0.15, 0.2) is 42.6 Å². The lowest BCUT2D eigenvalue weighted by Gasteiger charge is -2.38. The summed E-state index contributed by atoms with van der Waals surface area (Å²) in [5, 5.41) is 3.99. The van der Waals surface area contributed by atoms with E-state index in [1.165, 1.54) is 0 Å². The molecule has 128 valence electrons. The molecule has 3 rings (SSSR count). The second-order valence-electron chi connectivity index (χ2n) is 7.27. The zero-order chi connectivity index (χ0) is 17.3. The first kappa shape index (κ1) is 17.1. The minimum absolute atomic E-state index is 0.0861. The highest BCUT2D eigenvalue weighted by atomic mass is 35.5. The van der Waals surface area contributed by atoms with E-state index in [1.807, 2.05) is 35.2 Å². The van der Waals surface area contributed by atoms with Crippen molar-refractivity contribution in [1.29, 1.82) is 0 Å². The van der Waals surface area contributed by atoms with Gasteiger partial charge in [-0.3, -0.25) is 4.79 Å². The topological polar surface area (TPSA) is 37.3 Å². The van der Waals surface area contributed by atoms with Gasteiger partial charge in [-0.05, 0) is 50.6 Å². The number of benzene rings is 1. The minimum Gasteiger partial charge on any atom is -0.348 e. The number of hydrogen-bond acceptors (Lipinski definition) is 2. The number of nitrogens with zero attached hydrogens (tertiary/aromatic N) is 2. The quantitative estimate of drug-likeness (QED) is 0.925. The van der Waals surface area contributed by atoms with Gasteiger partial charge in [-0.2, -0.15) is 0 Å². The fraction of sp³-hybridized carbons (Fsp3) is 0.421. The number of amides is 1. The molecule has 1 unspecified atom stereocenters. The SMILES string of the molecule is CC(C)(C)NCC(=O)N1CCn2cccc2C1c1cccc(Cl)c1. The summed E-state index contributed by atoms with van der Waals surface area (Å²) in [7, 11) is 0. The summed E-state index contributed by atoms with van der Waals surface area (Å²) in [6, 6.07) is 11.8. The third-order valence-electron chi connectivity index (χ3n) is 4.29. The van der Waals surface area contributed by atoms with Gasteiger partial charge in [0, 0.05) is 35.5 Å². The van der Waals surface area contributed by atoms with E-state index in [1.54, 1.807) is 0 Å². The van der Waals surface area contributed by atoms with Crippen molar-refractivity contribution in [3.63, 3.8) is 0 Å². The summed E-state index contributed by atoms with van der Waals surface area (Å²) in [5.41, 5.74) is 2.09. The predicted molar refractivity (Wildman–Crippen MR) is 97.2 cm³/mol. The molecule has 0 spiro atoms. The van der Waals surface area contributed by atoms with Gasteiger partial charge >= 0.3 is 0 Å². The van der Waals surface area contributed by atoms with Gasteiger partial charge in [0.15, 0.2) is 0 Å². The zero-order valence-corrected chi connectivity index (χ0v) is 15.2. The summed E-state index contributed by atoms with van der Waals surface area (Å²) in [4.78, 5) is 14.8. The van der Waals surface area contributed by atoms with Crippen molar-refractivity contribution in [1.82, 2.24) is 14.8 Å². The number of fused-ring (bicyclic) bond motifs is 1. The normalized spacial score (nSPS) is 17.7. The molecular weight excluding hydrogens is 322 g/mol. The molecule has 0 radical (unpaired) electrons. The Morgan fingerprint density at radius 3 is 2.75 bits per heavy atom. The third-order valence-corrected chi connectivity index (χ3v) is 4.53. The minimum atomic E-state index is -0.0956. The molecule has 1 atom stereocenters. The summed E-state index contributed by atoms with van der Waals surface area (Å²) < 4.78 is 2.21. The first-order valence-corrected chi connectivity index (χ1v) is 8.68. The van der Waals surface area contributed by atoms with Gasteiger partial charge in [0.25, 0.3) is 0 Å². The molecule has 1 N–H and O–H groups in total. The number of hydrogen-bond donors (Lipinski definition) is 1.